The molecule has 1 fully saturated rings. The molecule has 1 saturated heterocycles. The van der Waals surface area contributed by atoms with Crippen LogP contribution in [0.25, 0.3) is 11.1 Å². The van der Waals surface area contributed by atoms with Crippen LogP contribution >= 0.6 is 0 Å². The smallest absolute Gasteiger partial charge is 0.467 e. The summed E-state index contributed by atoms with van der Waals surface area (Å²) in [6, 6.07) is 23.6. The van der Waals surface area contributed by atoms with Crippen molar-refractivity contribution in [1.29, 1.82) is 0 Å². The van der Waals surface area contributed by atoms with Crippen molar-refractivity contribution in [3.05, 3.63) is 123 Å². The number of anilines is 1. The molecule has 4 aromatic rings. The average Bonchev–Trinajstić information content (AvgIpc) is 3.68. The van der Waals surface area contributed by atoms with Crippen LogP contribution in [-0.4, -0.2) is 111 Å². The number of nitro benzene ring substituents is 1. The van der Waals surface area contributed by atoms with E-state index in [2.05, 4.69) is 16.0 Å². The van der Waals surface area contributed by atoms with Gasteiger partial charge < -0.3 is 53.8 Å². The Labute approximate surface area is 412 Å². The number of fused-ring (bicyclic) bond motifs is 3. The van der Waals surface area contributed by atoms with E-state index in [1.165, 1.54) is 38.3 Å². The van der Waals surface area contributed by atoms with Crippen LogP contribution in [0.2, 0.25) is 0 Å². The van der Waals surface area contributed by atoms with Crippen LogP contribution in [0.1, 0.15) is 76.1 Å². The predicted molar refractivity (Wildman–Crippen MR) is 259 cm³/mol. The first-order valence-electron chi connectivity index (χ1n) is 23.7. The second-order valence-electron chi connectivity index (χ2n) is 17.2. The molecule has 1 aliphatic carbocycles. The summed E-state index contributed by atoms with van der Waals surface area (Å²) in [6.07, 6.45) is -5.42. The fraction of sp³-hybridized carbons (Fsp3) is 0.442. The second-order valence-corrected chi connectivity index (χ2v) is 17.2. The molecule has 380 valence electrons. The number of methoxy groups -OCH3 is 1. The molecule has 0 spiro atoms. The number of nitrogens with one attached hydrogen (secondary N) is 3. The lowest BCUT2D eigenvalue weighted by molar-refractivity contribution is -0.384. The van der Waals surface area contributed by atoms with Crippen LogP contribution in [0.4, 0.5) is 21.0 Å². The molecular weight excluding hydrogens is 921 g/mol. The van der Waals surface area contributed by atoms with Gasteiger partial charge in [-0.3, -0.25) is 19.7 Å². The van der Waals surface area contributed by atoms with E-state index in [1.54, 1.807) is 39.0 Å². The molecule has 7 atom stereocenters. The molecule has 6 rings (SSSR count). The summed E-state index contributed by atoms with van der Waals surface area (Å²) >= 11 is 0. The van der Waals surface area contributed by atoms with Gasteiger partial charge in [0.1, 0.15) is 49.4 Å². The Morgan fingerprint density at radius 2 is 1.35 bits per heavy atom. The highest BCUT2D eigenvalue weighted by atomic mass is 16.7. The van der Waals surface area contributed by atoms with Crippen molar-refractivity contribution >= 4 is 41.4 Å². The number of ether oxygens (including phenoxy) is 8. The summed E-state index contributed by atoms with van der Waals surface area (Å²) < 4.78 is 46.2. The first-order chi connectivity index (χ1) is 34.2. The van der Waals surface area contributed by atoms with Crippen molar-refractivity contribution in [3.8, 4) is 16.9 Å². The molecule has 0 aromatic heterocycles. The molecule has 1 heterocycles. The Kier molecular flexibility index (Phi) is 19.0. The number of nitrogens with zero attached hydrogens (tertiary/aromatic N) is 1. The van der Waals surface area contributed by atoms with Gasteiger partial charge in [0.15, 0.2) is 6.10 Å². The minimum absolute atomic E-state index is 0.0265. The van der Waals surface area contributed by atoms with Crippen molar-refractivity contribution in [2.45, 2.75) is 110 Å². The molecule has 1 aliphatic heterocycles. The van der Waals surface area contributed by atoms with Gasteiger partial charge in [-0.05, 0) is 104 Å². The zero-order chi connectivity index (χ0) is 51.2. The van der Waals surface area contributed by atoms with E-state index in [-0.39, 0.29) is 55.9 Å². The number of aryl methyl sites for hydroxylation is 1. The zero-order valence-corrected chi connectivity index (χ0v) is 40.9. The summed E-state index contributed by atoms with van der Waals surface area (Å²) in [4.78, 5) is 77.0. The number of nitro groups is 1. The molecule has 19 nitrogen and oxygen atoms in total. The molecule has 2 aliphatic rings. The quantitative estimate of drug-likeness (QED) is 0.0229. The van der Waals surface area contributed by atoms with E-state index in [0.717, 1.165) is 22.3 Å². The lowest BCUT2D eigenvalue weighted by Gasteiger charge is -2.45. The number of alkyl carbamates (subject to hydrolysis) is 1. The maximum absolute atomic E-state index is 13.7. The SMILES string of the molecule is CCO[C@@H]1[C@@H](OCC)[C@H](OCC)C(C(=O)OC)O[C@H]1CCc1cc(NC(=O)[C@H](C)NC(=O)[C@@H](NC(=O)OCC2c3ccccc3-c3ccccc32)C(C)C)ccc1COC(=O)Oc1ccc([N+](=O)[O-])cc1. The molecule has 1 unspecified atom stereocenters. The van der Waals surface area contributed by atoms with E-state index >= 15 is 0 Å². The van der Waals surface area contributed by atoms with Crippen molar-refractivity contribution in [2.75, 3.05) is 38.9 Å². The number of non-ortho nitro benzene ring substituents is 1. The Bertz CT molecular complexity index is 2460. The summed E-state index contributed by atoms with van der Waals surface area (Å²) in [7, 11) is 1.26. The standard InChI is InChI=1S/C52H62N4O15/c1-8-65-44-42(71-47(50(59)64-7)46(67-10-3)45(44)66-9-2)26-20-32-27-34(21-19-33(32)28-69-52(61)70-36-24-22-35(23-25-36)56(62)63)54-48(57)31(6)53-49(58)43(30(4)5)55-51(60)68-29-41-39-17-13-11-15-37(39)38-16-12-14-18-40(38)41/h11-19,21-25,27,30-31,41-47H,8-10,20,26,28-29H2,1-7H3,(H,53,58)(H,54,57)(H,55,60)/t31-,42-,43-,44-,45+,46-,47?/m0/s1. The number of rotatable bonds is 22. The van der Waals surface area contributed by atoms with Crippen LogP contribution in [0.15, 0.2) is 91.0 Å². The minimum Gasteiger partial charge on any atom is -0.467 e. The Balaban J connectivity index is 1.14. The van der Waals surface area contributed by atoms with E-state index in [9.17, 15) is 34.1 Å². The Hall–Kier alpha value is -6.93. The number of hydrogen-bond acceptors (Lipinski definition) is 15. The molecule has 71 heavy (non-hydrogen) atoms. The number of hydrogen-bond donors (Lipinski definition) is 3. The molecule has 4 aromatic carbocycles. The van der Waals surface area contributed by atoms with E-state index < -0.39 is 77.6 Å². The summed E-state index contributed by atoms with van der Waals surface area (Å²) in [6.45, 7) is 11.1. The lowest BCUT2D eigenvalue weighted by atomic mass is 9.90. The van der Waals surface area contributed by atoms with Gasteiger partial charge >= 0.3 is 18.2 Å². The van der Waals surface area contributed by atoms with Crippen molar-refractivity contribution < 1.29 is 66.8 Å². The van der Waals surface area contributed by atoms with Gasteiger partial charge in [-0.25, -0.2) is 14.4 Å². The first-order valence-corrected chi connectivity index (χ1v) is 23.7. The highest BCUT2D eigenvalue weighted by Gasteiger charge is 2.51. The van der Waals surface area contributed by atoms with E-state index in [4.69, 9.17) is 37.9 Å². The third kappa shape index (κ3) is 13.5. The highest BCUT2D eigenvalue weighted by Crippen LogP contribution is 2.44. The van der Waals surface area contributed by atoms with Crippen LogP contribution in [0, 0.1) is 16.0 Å². The van der Waals surface area contributed by atoms with Gasteiger partial charge in [0, 0.05) is 43.6 Å². The summed E-state index contributed by atoms with van der Waals surface area (Å²) in [5, 5.41) is 19.3. The Morgan fingerprint density at radius 3 is 1.96 bits per heavy atom. The summed E-state index contributed by atoms with van der Waals surface area (Å²) in [5.74, 6) is -2.33. The van der Waals surface area contributed by atoms with E-state index in [0.29, 0.717) is 30.0 Å². The van der Waals surface area contributed by atoms with Crippen LogP contribution in [0.3, 0.4) is 0 Å². The first kappa shape index (κ1) is 53.4. The monoisotopic (exact) mass is 982 g/mol. The molecule has 0 radical (unpaired) electrons. The third-order valence-electron chi connectivity index (χ3n) is 12.2. The number of carbonyl (C=O) groups excluding carboxylic acids is 5. The van der Waals surface area contributed by atoms with Gasteiger partial charge in [0.05, 0.1) is 18.1 Å². The fourth-order valence-electron chi connectivity index (χ4n) is 8.80. The second kappa shape index (κ2) is 25.3. The molecule has 19 heteroatoms. The predicted octanol–water partition coefficient (Wildman–Crippen LogP) is 7.41. The van der Waals surface area contributed by atoms with Crippen molar-refractivity contribution in [2.24, 2.45) is 5.92 Å². The molecule has 3 amide bonds. The van der Waals surface area contributed by atoms with Crippen LogP contribution < -0.4 is 20.7 Å². The van der Waals surface area contributed by atoms with Gasteiger partial charge in [0.2, 0.25) is 11.8 Å². The van der Waals surface area contributed by atoms with Crippen molar-refractivity contribution in [1.82, 2.24) is 10.6 Å². The number of benzene rings is 4. The van der Waals surface area contributed by atoms with Crippen LogP contribution in [0.5, 0.6) is 5.75 Å². The lowest BCUT2D eigenvalue weighted by Crippen LogP contribution is -2.62. The average molecular weight is 983 g/mol. The van der Waals surface area contributed by atoms with Gasteiger partial charge in [-0.1, -0.05) is 68.4 Å². The number of carbonyl (C=O) groups is 5. The molecule has 0 saturated carbocycles. The maximum Gasteiger partial charge on any atom is 0.514 e. The minimum atomic E-state index is -1.14. The van der Waals surface area contributed by atoms with Crippen molar-refractivity contribution in [3.63, 3.8) is 0 Å². The van der Waals surface area contributed by atoms with Crippen LogP contribution in [-0.2, 0) is 60.6 Å². The maximum atomic E-state index is 13.7. The molecule has 0 bridgehead atoms. The summed E-state index contributed by atoms with van der Waals surface area (Å²) in [5.41, 5.74) is 5.52. The largest absolute Gasteiger partial charge is 0.514 e. The van der Waals surface area contributed by atoms with Gasteiger partial charge in [0.25, 0.3) is 5.69 Å². The van der Waals surface area contributed by atoms with E-state index in [1.807, 2.05) is 62.4 Å². The molecular formula is C52H62N4O15. The van der Waals surface area contributed by atoms with Gasteiger partial charge in [-0.2, -0.15) is 0 Å². The topological polar surface area (TPSA) is 238 Å². The number of esters is 1. The third-order valence-corrected chi connectivity index (χ3v) is 12.2. The normalized spacial score (nSPS) is 19.1. The molecule has 3 N–H and O–H groups in total. The van der Waals surface area contributed by atoms with Gasteiger partial charge in [-0.15, -0.1) is 0 Å². The fourth-order valence-corrected chi connectivity index (χ4v) is 8.80. The highest BCUT2D eigenvalue weighted by molar-refractivity contribution is 5.98. The zero-order valence-electron chi connectivity index (χ0n) is 40.9. The number of amides is 3. The Morgan fingerprint density at radius 1 is 0.732 bits per heavy atom.